The van der Waals surface area contributed by atoms with Gasteiger partial charge in [0.15, 0.2) is 6.61 Å². The van der Waals surface area contributed by atoms with E-state index in [1.807, 2.05) is 31.2 Å². The molecule has 1 amide bonds. The van der Waals surface area contributed by atoms with Crippen LogP contribution in [0.5, 0.6) is 0 Å². The molecule has 0 unspecified atom stereocenters. The highest BCUT2D eigenvalue weighted by Gasteiger charge is 2.31. The largest absolute Gasteiger partial charge is 0.452 e. The van der Waals surface area contributed by atoms with E-state index < -0.39 is 29.8 Å². The van der Waals surface area contributed by atoms with Crippen LogP contribution in [0, 0.1) is 11.6 Å². The van der Waals surface area contributed by atoms with Gasteiger partial charge in [-0.3, -0.25) is 4.79 Å². The molecule has 0 aliphatic carbocycles. The number of esters is 1. The highest BCUT2D eigenvalue weighted by molar-refractivity contribution is 5.99. The Balaban J connectivity index is 1.69. The molecule has 24 heavy (non-hydrogen) atoms. The first kappa shape index (κ1) is 16.1. The van der Waals surface area contributed by atoms with Crippen LogP contribution in [-0.4, -0.2) is 24.5 Å². The van der Waals surface area contributed by atoms with Gasteiger partial charge in [0.2, 0.25) is 0 Å². The van der Waals surface area contributed by atoms with E-state index in [0.717, 1.165) is 29.8 Å². The minimum absolute atomic E-state index is 0.0452. The van der Waals surface area contributed by atoms with Crippen LogP contribution in [0.3, 0.4) is 0 Å². The average Bonchev–Trinajstić information content (AvgIpc) is 2.88. The fraction of sp³-hybridized carbons (Fsp3) is 0.222. The van der Waals surface area contributed by atoms with Gasteiger partial charge in [0.25, 0.3) is 5.91 Å². The van der Waals surface area contributed by atoms with Crippen LogP contribution in [0.2, 0.25) is 0 Å². The maximum atomic E-state index is 13.5. The molecule has 2 aromatic rings. The summed E-state index contributed by atoms with van der Waals surface area (Å²) in [6, 6.07) is 10.0. The Bertz CT molecular complexity index is 807. The Morgan fingerprint density at radius 1 is 1.21 bits per heavy atom. The first-order valence-corrected chi connectivity index (χ1v) is 7.49. The van der Waals surface area contributed by atoms with Crippen LogP contribution in [0.15, 0.2) is 42.5 Å². The molecule has 1 aliphatic heterocycles. The predicted octanol–water partition coefficient (Wildman–Crippen LogP) is 3.10. The second-order valence-corrected chi connectivity index (χ2v) is 5.65. The lowest BCUT2D eigenvalue weighted by atomic mass is 10.1. The molecule has 2 aromatic carbocycles. The number of rotatable bonds is 3. The summed E-state index contributed by atoms with van der Waals surface area (Å²) in [4.78, 5) is 25.8. The lowest BCUT2D eigenvalue weighted by molar-refractivity contribution is -0.122. The van der Waals surface area contributed by atoms with E-state index in [9.17, 15) is 18.4 Å². The van der Waals surface area contributed by atoms with E-state index in [-0.39, 0.29) is 11.9 Å². The summed E-state index contributed by atoms with van der Waals surface area (Å²) in [6.07, 6.45) is 0.725. The standard InChI is InChI=1S/C18H15F2NO3/c1-11-8-12-4-2-3-5-16(12)21(11)17(22)10-24-18(23)14-7-6-13(19)9-15(14)20/h2-7,9,11H,8,10H2,1H3/t11-/m0/s1. The predicted molar refractivity (Wildman–Crippen MR) is 83.7 cm³/mol. The average molecular weight is 331 g/mol. The topological polar surface area (TPSA) is 46.6 Å². The van der Waals surface area contributed by atoms with Crippen LogP contribution < -0.4 is 4.90 Å². The van der Waals surface area contributed by atoms with Gasteiger partial charge in [-0.2, -0.15) is 0 Å². The summed E-state index contributed by atoms with van der Waals surface area (Å²) in [7, 11) is 0. The number of carbonyl (C=O) groups excluding carboxylic acids is 2. The van der Waals surface area contributed by atoms with Gasteiger partial charge in [-0.05, 0) is 37.1 Å². The molecule has 3 rings (SSSR count). The number of hydrogen-bond donors (Lipinski definition) is 0. The van der Waals surface area contributed by atoms with Crippen molar-refractivity contribution in [1.29, 1.82) is 0 Å². The number of benzene rings is 2. The number of carbonyl (C=O) groups is 2. The van der Waals surface area contributed by atoms with Crippen molar-refractivity contribution >= 4 is 17.6 Å². The third kappa shape index (κ3) is 2.99. The smallest absolute Gasteiger partial charge is 0.341 e. The maximum absolute atomic E-state index is 13.5. The van der Waals surface area contributed by atoms with Crippen LogP contribution >= 0.6 is 0 Å². The molecular weight excluding hydrogens is 316 g/mol. The van der Waals surface area contributed by atoms with E-state index in [2.05, 4.69) is 0 Å². The molecule has 0 saturated heterocycles. The van der Waals surface area contributed by atoms with Crippen molar-refractivity contribution in [2.75, 3.05) is 11.5 Å². The van der Waals surface area contributed by atoms with Gasteiger partial charge in [-0.25, -0.2) is 13.6 Å². The summed E-state index contributed by atoms with van der Waals surface area (Å²) in [6.45, 7) is 1.40. The third-order valence-electron chi connectivity index (χ3n) is 3.95. The van der Waals surface area contributed by atoms with Crippen LogP contribution in [0.4, 0.5) is 14.5 Å². The van der Waals surface area contributed by atoms with Crippen molar-refractivity contribution in [3.63, 3.8) is 0 Å². The van der Waals surface area contributed by atoms with Crippen molar-refractivity contribution in [1.82, 2.24) is 0 Å². The van der Waals surface area contributed by atoms with Gasteiger partial charge in [-0.15, -0.1) is 0 Å². The van der Waals surface area contributed by atoms with Gasteiger partial charge in [-0.1, -0.05) is 18.2 Å². The van der Waals surface area contributed by atoms with E-state index in [4.69, 9.17) is 4.74 Å². The number of amides is 1. The molecule has 0 spiro atoms. The Labute approximate surface area is 137 Å². The summed E-state index contributed by atoms with van der Waals surface area (Å²) >= 11 is 0. The SMILES string of the molecule is C[C@H]1Cc2ccccc2N1C(=O)COC(=O)c1ccc(F)cc1F. The lowest BCUT2D eigenvalue weighted by Crippen LogP contribution is -2.38. The highest BCUT2D eigenvalue weighted by Crippen LogP contribution is 2.31. The van der Waals surface area contributed by atoms with Crippen LogP contribution in [0.1, 0.15) is 22.8 Å². The fourth-order valence-corrected chi connectivity index (χ4v) is 2.88. The number of ether oxygens (including phenoxy) is 1. The van der Waals surface area contributed by atoms with Crippen molar-refractivity contribution in [3.05, 3.63) is 65.2 Å². The molecule has 1 heterocycles. The molecule has 124 valence electrons. The Morgan fingerprint density at radius 2 is 1.96 bits per heavy atom. The molecule has 4 nitrogen and oxygen atoms in total. The van der Waals surface area contributed by atoms with Crippen molar-refractivity contribution in [3.8, 4) is 0 Å². The van der Waals surface area contributed by atoms with Crippen molar-refractivity contribution in [2.24, 2.45) is 0 Å². The first-order chi connectivity index (χ1) is 11.5. The summed E-state index contributed by atoms with van der Waals surface area (Å²) < 4.78 is 31.3. The third-order valence-corrected chi connectivity index (χ3v) is 3.95. The van der Waals surface area contributed by atoms with Crippen LogP contribution in [0.25, 0.3) is 0 Å². The second-order valence-electron chi connectivity index (χ2n) is 5.65. The normalized spacial score (nSPS) is 16.0. The molecule has 0 radical (unpaired) electrons. The number of hydrogen-bond acceptors (Lipinski definition) is 3. The molecule has 1 aliphatic rings. The number of nitrogens with zero attached hydrogens (tertiary/aromatic N) is 1. The summed E-state index contributed by atoms with van der Waals surface area (Å²) in [5.74, 6) is -3.20. The summed E-state index contributed by atoms with van der Waals surface area (Å²) in [5, 5.41) is 0. The van der Waals surface area contributed by atoms with Crippen molar-refractivity contribution in [2.45, 2.75) is 19.4 Å². The zero-order valence-electron chi connectivity index (χ0n) is 13.0. The molecule has 6 heteroatoms. The monoisotopic (exact) mass is 331 g/mol. The fourth-order valence-electron chi connectivity index (χ4n) is 2.88. The Morgan fingerprint density at radius 3 is 2.71 bits per heavy atom. The molecule has 0 N–H and O–H groups in total. The zero-order chi connectivity index (χ0) is 17.3. The minimum atomic E-state index is -1.02. The zero-order valence-corrected chi connectivity index (χ0v) is 13.0. The molecular formula is C18H15F2NO3. The Kier molecular flexibility index (Phi) is 4.29. The maximum Gasteiger partial charge on any atom is 0.341 e. The number of halogens is 2. The highest BCUT2D eigenvalue weighted by atomic mass is 19.1. The minimum Gasteiger partial charge on any atom is -0.452 e. The molecule has 0 bridgehead atoms. The van der Waals surface area contributed by atoms with Gasteiger partial charge in [0, 0.05) is 17.8 Å². The van der Waals surface area contributed by atoms with E-state index in [0.29, 0.717) is 6.07 Å². The van der Waals surface area contributed by atoms with Gasteiger partial charge >= 0.3 is 5.97 Å². The van der Waals surface area contributed by atoms with E-state index in [1.165, 1.54) is 0 Å². The number of para-hydroxylation sites is 1. The molecule has 0 aromatic heterocycles. The lowest BCUT2D eigenvalue weighted by Gasteiger charge is -2.22. The number of fused-ring (bicyclic) bond motifs is 1. The second kappa shape index (κ2) is 6.39. The Hall–Kier alpha value is -2.76. The summed E-state index contributed by atoms with van der Waals surface area (Å²) in [5.41, 5.74) is 1.44. The van der Waals surface area contributed by atoms with E-state index in [1.54, 1.807) is 4.90 Å². The van der Waals surface area contributed by atoms with Gasteiger partial charge in [0.1, 0.15) is 11.6 Å². The quantitative estimate of drug-likeness (QED) is 0.812. The molecule has 0 saturated carbocycles. The van der Waals surface area contributed by atoms with Gasteiger partial charge < -0.3 is 9.64 Å². The number of anilines is 1. The van der Waals surface area contributed by atoms with Crippen molar-refractivity contribution < 1.29 is 23.1 Å². The van der Waals surface area contributed by atoms with Gasteiger partial charge in [0.05, 0.1) is 5.56 Å². The molecule has 1 atom stereocenters. The van der Waals surface area contributed by atoms with E-state index >= 15 is 0 Å². The molecule has 0 fully saturated rings. The first-order valence-electron chi connectivity index (χ1n) is 7.49. The van der Waals surface area contributed by atoms with Crippen LogP contribution in [-0.2, 0) is 16.0 Å².